The predicted molar refractivity (Wildman–Crippen MR) is 62.2 cm³/mol. The van der Waals surface area contributed by atoms with Crippen molar-refractivity contribution >= 4 is 34.9 Å². The molecule has 88 valence electrons. The summed E-state index contributed by atoms with van der Waals surface area (Å²) in [6.45, 7) is 0. The van der Waals surface area contributed by atoms with Gasteiger partial charge in [-0.1, -0.05) is 35.0 Å². The molecule has 0 fully saturated rings. The molecule has 5 nitrogen and oxygen atoms in total. The number of halogens is 2. The number of nitro groups is 1. The Hall–Kier alpha value is -1.77. The second-order valence-corrected chi connectivity index (χ2v) is 3.73. The molecule has 0 amide bonds. The van der Waals surface area contributed by atoms with Gasteiger partial charge in [0.15, 0.2) is 0 Å². The van der Waals surface area contributed by atoms with E-state index in [1.165, 1.54) is 6.07 Å². The van der Waals surface area contributed by atoms with Crippen LogP contribution in [0.4, 0.5) is 5.69 Å². The van der Waals surface area contributed by atoms with Crippen molar-refractivity contribution in [2.24, 2.45) is 0 Å². The van der Waals surface area contributed by atoms with E-state index in [0.717, 1.165) is 6.07 Å². The Morgan fingerprint density at radius 1 is 1.41 bits per heavy atom. The first-order chi connectivity index (χ1) is 7.91. The van der Waals surface area contributed by atoms with Gasteiger partial charge in [-0.3, -0.25) is 14.9 Å². The molecule has 0 heterocycles. The Morgan fingerprint density at radius 3 is 2.53 bits per heavy atom. The van der Waals surface area contributed by atoms with Crippen molar-refractivity contribution in [3.05, 3.63) is 37.9 Å². The van der Waals surface area contributed by atoms with Crippen molar-refractivity contribution in [3.63, 3.8) is 0 Å². The molecule has 7 heteroatoms. The number of nitrogens with zero attached hydrogens (tertiary/aromatic N) is 1. The Labute approximate surface area is 106 Å². The van der Waals surface area contributed by atoms with E-state index >= 15 is 0 Å². The molecule has 0 aliphatic carbocycles. The first kappa shape index (κ1) is 13.3. The first-order valence-corrected chi connectivity index (χ1v) is 5.01. The van der Waals surface area contributed by atoms with Crippen LogP contribution in [0.5, 0.6) is 0 Å². The van der Waals surface area contributed by atoms with Crippen LogP contribution >= 0.6 is 23.2 Å². The molecule has 0 saturated heterocycles. The van der Waals surface area contributed by atoms with Crippen LogP contribution < -0.4 is 0 Å². The fraction of sp³-hybridized carbons (Fsp3) is 0.100. The molecule has 17 heavy (non-hydrogen) atoms. The average molecular weight is 274 g/mol. The van der Waals surface area contributed by atoms with E-state index in [9.17, 15) is 14.9 Å². The summed E-state index contributed by atoms with van der Waals surface area (Å²) in [6, 6.07) is 2.31. The van der Waals surface area contributed by atoms with Crippen LogP contribution in [0.25, 0.3) is 0 Å². The van der Waals surface area contributed by atoms with E-state index < -0.39 is 17.3 Å². The third-order valence-corrected chi connectivity index (χ3v) is 2.42. The van der Waals surface area contributed by atoms with Crippen molar-refractivity contribution in [2.75, 3.05) is 0 Å². The number of hydrogen-bond acceptors (Lipinski definition) is 3. The second-order valence-electron chi connectivity index (χ2n) is 2.91. The van der Waals surface area contributed by atoms with Gasteiger partial charge >= 0.3 is 5.97 Å². The molecule has 1 aromatic carbocycles. The van der Waals surface area contributed by atoms with E-state index in [0.29, 0.717) is 0 Å². The average Bonchev–Trinajstić information content (AvgIpc) is 2.22. The molecular weight excluding hydrogens is 269 g/mol. The van der Waals surface area contributed by atoms with Crippen LogP contribution in [0.15, 0.2) is 12.1 Å². The van der Waals surface area contributed by atoms with Gasteiger partial charge < -0.3 is 5.11 Å². The minimum absolute atomic E-state index is 0.0330. The maximum absolute atomic E-state index is 10.7. The minimum Gasteiger partial charge on any atom is -0.481 e. The lowest BCUT2D eigenvalue weighted by molar-refractivity contribution is -0.385. The second kappa shape index (κ2) is 5.53. The Morgan fingerprint density at radius 2 is 2.00 bits per heavy atom. The van der Waals surface area contributed by atoms with Gasteiger partial charge in [0.2, 0.25) is 0 Å². The topological polar surface area (TPSA) is 80.4 Å². The van der Waals surface area contributed by atoms with Crippen molar-refractivity contribution < 1.29 is 14.8 Å². The summed E-state index contributed by atoms with van der Waals surface area (Å²) >= 11 is 11.3. The molecule has 1 aromatic rings. The highest BCUT2D eigenvalue weighted by Gasteiger charge is 2.15. The maximum Gasteiger partial charge on any atom is 0.315 e. The molecule has 1 rings (SSSR count). The highest BCUT2D eigenvalue weighted by Crippen LogP contribution is 2.29. The van der Waals surface area contributed by atoms with E-state index in [4.69, 9.17) is 28.3 Å². The third kappa shape index (κ3) is 3.63. The summed E-state index contributed by atoms with van der Waals surface area (Å²) < 4.78 is 0. The lowest BCUT2D eigenvalue weighted by atomic mass is 10.2. The summed E-state index contributed by atoms with van der Waals surface area (Å²) in [5.74, 6) is 3.55. The van der Waals surface area contributed by atoms with Gasteiger partial charge in [0.1, 0.15) is 12.0 Å². The maximum atomic E-state index is 10.7. The van der Waals surface area contributed by atoms with Crippen molar-refractivity contribution in [1.29, 1.82) is 0 Å². The summed E-state index contributed by atoms with van der Waals surface area (Å²) in [7, 11) is 0. The molecule has 0 atom stereocenters. The molecule has 0 bridgehead atoms. The Bertz CT molecular complexity index is 545. The first-order valence-electron chi connectivity index (χ1n) is 4.26. The zero-order chi connectivity index (χ0) is 13.0. The molecule has 0 radical (unpaired) electrons. The van der Waals surface area contributed by atoms with Crippen LogP contribution in [-0.4, -0.2) is 16.0 Å². The largest absolute Gasteiger partial charge is 0.481 e. The molecule has 0 aliphatic heterocycles. The summed E-state index contributed by atoms with van der Waals surface area (Å²) in [4.78, 5) is 20.3. The number of carboxylic acids is 1. The SMILES string of the molecule is O=C(O)CC#Cc1cc(Cl)c(Cl)cc1[N+](=O)[O-]. The molecular formula is C10H5Cl2NO4. The highest BCUT2D eigenvalue weighted by molar-refractivity contribution is 6.42. The number of rotatable bonds is 2. The highest BCUT2D eigenvalue weighted by atomic mass is 35.5. The van der Waals surface area contributed by atoms with Crippen LogP contribution in [0, 0.1) is 22.0 Å². The Kier molecular flexibility index (Phi) is 4.32. The van der Waals surface area contributed by atoms with Crippen LogP contribution in [0.1, 0.15) is 12.0 Å². The summed E-state index contributed by atoms with van der Waals surface area (Å²) in [5.41, 5.74) is -0.275. The molecule has 1 N–H and O–H groups in total. The third-order valence-electron chi connectivity index (χ3n) is 1.70. The van der Waals surface area contributed by atoms with Gasteiger partial charge in [-0.15, -0.1) is 0 Å². The predicted octanol–water partition coefficient (Wildman–Crippen LogP) is 2.73. The van der Waals surface area contributed by atoms with Gasteiger partial charge in [-0.2, -0.15) is 0 Å². The monoisotopic (exact) mass is 273 g/mol. The quantitative estimate of drug-likeness (QED) is 0.510. The van der Waals surface area contributed by atoms with E-state index in [2.05, 4.69) is 11.8 Å². The number of benzene rings is 1. The van der Waals surface area contributed by atoms with Crippen LogP contribution in [0.3, 0.4) is 0 Å². The molecule has 0 spiro atoms. The summed E-state index contributed by atoms with van der Waals surface area (Å²) in [6.07, 6.45) is -0.405. The smallest absolute Gasteiger partial charge is 0.315 e. The van der Waals surface area contributed by atoms with Crippen molar-refractivity contribution in [3.8, 4) is 11.8 Å². The lowest BCUT2D eigenvalue weighted by Crippen LogP contribution is -1.94. The number of hydrogen-bond donors (Lipinski definition) is 1. The molecule has 0 aliphatic rings. The van der Waals surface area contributed by atoms with Gasteiger partial charge in [0, 0.05) is 6.07 Å². The van der Waals surface area contributed by atoms with Gasteiger partial charge in [-0.05, 0) is 6.07 Å². The van der Waals surface area contributed by atoms with Crippen LogP contribution in [0.2, 0.25) is 10.0 Å². The number of nitro benzene ring substituents is 1. The number of carboxylic acid groups (broad SMARTS) is 1. The van der Waals surface area contributed by atoms with E-state index in [1.54, 1.807) is 0 Å². The lowest BCUT2D eigenvalue weighted by Gasteiger charge is -1.98. The summed E-state index contributed by atoms with van der Waals surface area (Å²) in [5, 5.41) is 19.3. The van der Waals surface area contributed by atoms with Crippen molar-refractivity contribution in [1.82, 2.24) is 0 Å². The molecule has 0 unspecified atom stereocenters. The van der Waals surface area contributed by atoms with Gasteiger partial charge in [0.05, 0.1) is 15.0 Å². The number of aliphatic carboxylic acids is 1. The minimum atomic E-state index is -1.11. The van der Waals surface area contributed by atoms with E-state index in [1.807, 2.05) is 0 Å². The Balaban J connectivity index is 3.20. The zero-order valence-corrected chi connectivity index (χ0v) is 9.75. The van der Waals surface area contributed by atoms with Crippen molar-refractivity contribution in [2.45, 2.75) is 6.42 Å². The van der Waals surface area contributed by atoms with E-state index in [-0.39, 0.29) is 21.3 Å². The van der Waals surface area contributed by atoms with Gasteiger partial charge in [0.25, 0.3) is 5.69 Å². The molecule has 0 saturated carbocycles. The van der Waals surface area contributed by atoms with Crippen LogP contribution in [-0.2, 0) is 4.79 Å². The normalized spacial score (nSPS) is 9.29. The zero-order valence-electron chi connectivity index (χ0n) is 8.24. The fourth-order valence-electron chi connectivity index (χ4n) is 1.00. The standard InChI is InChI=1S/C10H5Cl2NO4/c11-7-4-6(2-1-3-10(14)15)9(13(16)17)5-8(7)12/h4-5H,3H2,(H,14,15). The molecule has 0 aromatic heterocycles. The number of carbonyl (C=O) groups is 1. The fourth-order valence-corrected chi connectivity index (χ4v) is 1.32. The van der Waals surface area contributed by atoms with Gasteiger partial charge in [-0.25, -0.2) is 0 Å².